The fraction of sp³-hybridized carbons (Fsp3) is 0.647. The van der Waals surface area contributed by atoms with E-state index in [1.807, 2.05) is 13.0 Å². The molecule has 0 radical (unpaired) electrons. The fourth-order valence-corrected chi connectivity index (χ4v) is 4.41. The summed E-state index contributed by atoms with van der Waals surface area (Å²) in [4.78, 5) is 19.2. The Morgan fingerprint density at radius 2 is 2.29 bits per heavy atom. The van der Waals surface area contributed by atoms with Gasteiger partial charge in [0.15, 0.2) is 5.65 Å². The van der Waals surface area contributed by atoms with Gasteiger partial charge in [-0.05, 0) is 32.6 Å². The third-order valence-corrected chi connectivity index (χ3v) is 5.67. The number of aliphatic hydroxyl groups is 1. The Hall–Kier alpha value is -1.70. The summed E-state index contributed by atoms with van der Waals surface area (Å²) >= 11 is 0. The Balaban J connectivity index is 1.62. The van der Waals surface area contributed by atoms with Gasteiger partial charge >= 0.3 is 0 Å². The van der Waals surface area contributed by atoms with Crippen molar-refractivity contribution in [3.63, 3.8) is 0 Å². The Kier molecular flexibility index (Phi) is 3.74. The quantitative estimate of drug-likeness (QED) is 0.870. The van der Waals surface area contributed by atoms with Gasteiger partial charge in [-0.15, -0.1) is 0 Å². The van der Waals surface area contributed by atoms with Crippen LogP contribution in [0.15, 0.2) is 16.9 Å². The predicted molar refractivity (Wildman–Crippen MR) is 89.0 cm³/mol. The van der Waals surface area contributed by atoms with Gasteiger partial charge in [-0.3, -0.25) is 14.8 Å². The molecule has 130 valence electrons. The van der Waals surface area contributed by atoms with Crippen molar-refractivity contribution in [3.05, 3.63) is 33.9 Å². The Morgan fingerprint density at radius 3 is 3.08 bits per heavy atom. The van der Waals surface area contributed by atoms with Gasteiger partial charge < -0.3 is 9.84 Å². The zero-order valence-corrected chi connectivity index (χ0v) is 14.2. The van der Waals surface area contributed by atoms with E-state index < -0.39 is 0 Å². The van der Waals surface area contributed by atoms with Crippen LogP contribution in [0.1, 0.15) is 37.1 Å². The number of hydrogen-bond donors (Lipinski definition) is 2. The monoisotopic (exact) mass is 332 g/mol. The van der Waals surface area contributed by atoms with Gasteiger partial charge in [-0.2, -0.15) is 0 Å². The molecule has 7 nitrogen and oxygen atoms in total. The van der Waals surface area contributed by atoms with Crippen LogP contribution < -0.4 is 5.56 Å². The molecule has 1 saturated carbocycles. The lowest BCUT2D eigenvalue weighted by molar-refractivity contribution is -0.0880. The summed E-state index contributed by atoms with van der Waals surface area (Å²) < 4.78 is 7.34. The van der Waals surface area contributed by atoms with Crippen molar-refractivity contribution < 1.29 is 9.84 Å². The summed E-state index contributed by atoms with van der Waals surface area (Å²) in [6.45, 7) is 3.42. The molecule has 2 aromatic heterocycles. The van der Waals surface area contributed by atoms with Gasteiger partial charge in [0.25, 0.3) is 5.56 Å². The smallest absolute Gasteiger partial charge is 0.272 e. The Bertz CT molecular complexity index is 814. The van der Waals surface area contributed by atoms with E-state index in [0.717, 1.165) is 43.6 Å². The molecule has 2 N–H and O–H groups in total. The number of rotatable bonds is 3. The van der Waals surface area contributed by atoms with E-state index in [-0.39, 0.29) is 23.3 Å². The highest BCUT2D eigenvalue weighted by atomic mass is 16.5. The maximum atomic E-state index is 12.2. The first-order valence-electron chi connectivity index (χ1n) is 8.56. The molecule has 2 fully saturated rings. The number of likely N-dealkylation sites (tertiary alicyclic amines) is 1. The lowest BCUT2D eigenvalue weighted by atomic mass is 9.79. The highest BCUT2D eigenvalue weighted by molar-refractivity contribution is 5.39. The summed E-state index contributed by atoms with van der Waals surface area (Å²) in [5.74, 6) is 0. The lowest BCUT2D eigenvalue weighted by Gasteiger charge is -2.42. The second-order valence-electron chi connectivity index (χ2n) is 7.15. The van der Waals surface area contributed by atoms with Crippen LogP contribution in [0.4, 0.5) is 0 Å². The van der Waals surface area contributed by atoms with Crippen molar-refractivity contribution in [2.75, 3.05) is 13.7 Å². The summed E-state index contributed by atoms with van der Waals surface area (Å²) in [5, 5.41) is 13.1. The maximum Gasteiger partial charge on any atom is 0.272 e. The number of aryl methyl sites for hydroxylation is 1. The first kappa shape index (κ1) is 15.8. The molecule has 0 amide bonds. The van der Waals surface area contributed by atoms with Crippen molar-refractivity contribution in [1.29, 1.82) is 0 Å². The fourth-order valence-electron chi connectivity index (χ4n) is 4.41. The minimum atomic E-state index is -0.271. The predicted octanol–water partition coefficient (Wildman–Crippen LogP) is 0.835. The molecule has 0 unspecified atom stereocenters. The normalized spacial score (nSPS) is 30.8. The molecule has 1 aliphatic carbocycles. The SMILES string of the molecule is CO[C@@]12CC[C@H](O)C[C@@H]1N(Cc1cc(=O)n3[nH]c(C)cc3n1)CC2. The topological polar surface area (TPSA) is 82.9 Å². The van der Waals surface area contributed by atoms with E-state index in [0.29, 0.717) is 12.2 Å². The first-order valence-corrected chi connectivity index (χ1v) is 8.56. The van der Waals surface area contributed by atoms with Gasteiger partial charge in [-0.25, -0.2) is 9.50 Å². The van der Waals surface area contributed by atoms with Crippen molar-refractivity contribution in [3.8, 4) is 0 Å². The van der Waals surface area contributed by atoms with Gasteiger partial charge in [-0.1, -0.05) is 0 Å². The summed E-state index contributed by atoms with van der Waals surface area (Å²) in [6, 6.07) is 3.65. The molecule has 3 atom stereocenters. The molecule has 2 aromatic rings. The number of fused-ring (bicyclic) bond motifs is 2. The van der Waals surface area contributed by atoms with Crippen LogP contribution >= 0.6 is 0 Å². The van der Waals surface area contributed by atoms with E-state index in [4.69, 9.17) is 4.74 Å². The van der Waals surface area contributed by atoms with Crippen molar-refractivity contribution in [2.24, 2.45) is 0 Å². The molecule has 24 heavy (non-hydrogen) atoms. The van der Waals surface area contributed by atoms with Crippen LogP contribution in [0.2, 0.25) is 0 Å². The number of aromatic amines is 1. The maximum absolute atomic E-state index is 12.2. The molecule has 1 saturated heterocycles. The zero-order chi connectivity index (χ0) is 16.9. The summed E-state index contributed by atoms with van der Waals surface area (Å²) in [5.41, 5.74) is 2.07. The minimum Gasteiger partial charge on any atom is -0.393 e. The number of H-pyrrole nitrogens is 1. The number of methoxy groups -OCH3 is 1. The Morgan fingerprint density at radius 1 is 1.46 bits per heavy atom. The lowest BCUT2D eigenvalue weighted by Crippen LogP contribution is -2.51. The second-order valence-corrected chi connectivity index (χ2v) is 7.15. The minimum absolute atomic E-state index is 0.0935. The number of aromatic nitrogens is 3. The van der Waals surface area contributed by atoms with E-state index in [2.05, 4.69) is 15.0 Å². The van der Waals surface area contributed by atoms with Crippen LogP contribution in [0.5, 0.6) is 0 Å². The Labute approximate surface area is 140 Å². The zero-order valence-electron chi connectivity index (χ0n) is 14.2. The first-order chi connectivity index (χ1) is 11.5. The standard InChI is InChI=1S/C17H24N4O3/c1-11-7-15-18-12(8-16(23)21(15)19-11)10-20-6-5-17(24-2)4-3-13(22)9-14(17)20/h7-8,13-14,19,22H,3-6,9-10H2,1-2H3/t13-,14-,17+/m0/s1. The van der Waals surface area contributed by atoms with E-state index in [1.54, 1.807) is 13.2 Å². The largest absolute Gasteiger partial charge is 0.393 e. The third-order valence-electron chi connectivity index (χ3n) is 5.67. The van der Waals surface area contributed by atoms with Crippen LogP contribution in [-0.2, 0) is 11.3 Å². The highest BCUT2D eigenvalue weighted by Crippen LogP contribution is 2.42. The second kappa shape index (κ2) is 5.68. The van der Waals surface area contributed by atoms with Gasteiger partial charge in [0.1, 0.15) is 0 Å². The van der Waals surface area contributed by atoms with Crippen LogP contribution in [0.25, 0.3) is 5.65 Å². The molecule has 0 aromatic carbocycles. The molecular weight excluding hydrogens is 308 g/mol. The van der Waals surface area contributed by atoms with Crippen molar-refractivity contribution in [2.45, 2.75) is 56.9 Å². The molecule has 1 aliphatic heterocycles. The number of hydrogen-bond acceptors (Lipinski definition) is 5. The summed E-state index contributed by atoms with van der Waals surface area (Å²) in [6.07, 6.45) is 3.10. The molecule has 3 heterocycles. The van der Waals surface area contributed by atoms with Crippen LogP contribution in [0, 0.1) is 6.92 Å². The number of nitrogens with one attached hydrogen (secondary N) is 1. The van der Waals surface area contributed by atoms with Crippen LogP contribution in [0.3, 0.4) is 0 Å². The molecule has 7 heteroatoms. The molecule has 0 bridgehead atoms. The number of aliphatic hydroxyl groups excluding tert-OH is 1. The van der Waals surface area contributed by atoms with E-state index >= 15 is 0 Å². The third kappa shape index (κ3) is 2.47. The highest BCUT2D eigenvalue weighted by Gasteiger charge is 2.50. The van der Waals surface area contributed by atoms with E-state index in [1.165, 1.54) is 4.52 Å². The summed E-state index contributed by atoms with van der Waals surface area (Å²) in [7, 11) is 1.77. The van der Waals surface area contributed by atoms with Crippen LogP contribution in [-0.4, -0.2) is 56.0 Å². The molecule has 4 rings (SSSR count). The molecule has 0 spiro atoms. The average Bonchev–Trinajstić information content (AvgIpc) is 3.09. The van der Waals surface area contributed by atoms with Crippen molar-refractivity contribution in [1.82, 2.24) is 19.5 Å². The van der Waals surface area contributed by atoms with Crippen molar-refractivity contribution >= 4 is 5.65 Å². The van der Waals surface area contributed by atoms with Gasteiger partial charge in [0, 0.05) is 44.1 Å². The average molecular weight is 332 g/mol. The number of ether oxygens (including phenoxy) is 1. The number of nitrogens with zero attached hydrogens (tertiary/aromatic N) is 3. The molecular formula is C17H24N4O3. The van der Waals surface area contributed by atoms with Gasteiger partial charge in [0.05, 0.1) is 17.4 Å². The van der Waals surface area contributed by atoms with Gasteiger partial charge in [0.2, 0.25) is 0 Å². The van der Waals surface area contributed by atoms with E-state index in [9.17, 15) is 9.90 Å². The molecule has 2 aliphatic rings.